The fourth-order valence-electron chi connectivity index (χ4n) is 11.1. The summed E-state index contributed by atoms with van der Waals surface area (Å²) in [4.78, 5) is 37.5. The Labute approximate surface area is 539 Å². The van der Waals surface area contributed by atoms with Crippen molar-refractivity contribution in [2.75, 3.05) is 47.5 Å². The molecular weight excluding hydrogens is 1080 g/mol. The number of hydrogen-bond acceptors (Lipinski definition) is 8. The molecule has 0 bridgehead atoms. The average molecular weight is 1220 g/mol. The summed E-state index contributed by atoms with van der Waals surface area (Å²) in [6.07, 6.45) is 87.5. The van der Waals surface area contributed by atoms with E-state index < -0.39 is 24.3 Å². The predicted octanol–water partition coefficient (Wildman–Crippen LogP) is 22.1. The van der Waals surface area contributed by atoms with Gasteiger partial charge in [-0.05, 0) is 77.0 Å². The molecule has 0 N–H and O–H groups in total. The Morgan fingerprint density at radius 2 is 0.655 bits per heavy atom. The molecule has 9 nitrogen and oxygen atoms in total. The van der Waals surface area contributed by atoms with Crippen LogP contribution in [-0.4, -0.2) is 82.3 Å². The number of carboxylic acids is 1. The van der Waals surface area contributed by atoms with Gasteiger partial charge in [0.2, 0.25) is 0 Å². The molecule has 0 saturated carbocycles. The standard InChI is InChI=1S/C78H143NO8/c1-6-8-10-12-14-16-18-20-22-24-26-28-30-32-34-36-37-38-39-41-42-44-46-48-50-52-54-56-58-60-62-64-66-68-75(80)85-72-74(73-86-78(77(82)83)84-71-70-79(3,4)5)87-76(81)69-67-65-63-61-59-57-55-53-51-49-47-45-43-40-35-33-31-29-27-25-23-21-19-17-15-13-11-9-7-2/h9,11,15,17,21,23-24,26-27,29,74,78H,6-8,10,12-14,16,18-20,22,25,28,30-73H2,1-5H3/b11-9-,17-15-,23-21-,26-24-,29-27-. The molecule has 0 aromatic rings. The number of ether oxygens (including phenoxy) is 4. The van der Waals surface area contributed by atoms with Crippen molar-refractivity contribution in [2.24, 2.45) is 0 Å². The summed E-state index contributed by atoms with van der Waals surface area (Å²) in [7, 11) is 5.94. The second-order valence-electron chi connectivity index (χ2n) is 26.6. The highest BCUT2D eigenvalue weighted by Gasteiger charge is 2.22. The Kier molecular flexibility index (Phi) is 66.5. The molecule has 2 unspecified atom stereocenters. The van der Waals surface area contributed by atoms with Crippen LogP contribution in [0.2, 0.25) is 0 Å². The van der Waals surface area contributed by atoms with Gasteiger partial charge in [-0.15, -0.1) is 0 Å². The highest BCUT2D eigenvalue weighted by atomic mass is 16.7. The van der Waals surface area contributed by atoms with Crippen molar-refractivity contribution < 1.29 is 42.9 Å². The van der Waals surface area contributed by atoms with Crippen LogP contribution in [0.25, 0.3) is 0 Å². The summed E-state index contributed by atoms with van der Waals surface area (Å²) in [6.45, 7) is 4.70. The van der Waals surface area contributed by atoms with Crippen LogP contribution in [0.3, 0.4) is 0 Å². The summed E-state index contributed by atoms with van der Waals surface area (Å²) in [5.41, 5.74) is 0. The molecule has 0 aromatic heterocycles. The second-order valence-corrected chi connectivity index (χ2v) is 26.6. The Balaban J connectivity index is 4.02. The van der Waals surface area contributed by atoms with Gasteiger partial charge in [-0.1, -0.05) is 331 Å². The molecule has 508 valence electrons. The number of rotatable bonds is 70. The lowest BCUT2D eigenvalue weighted by Gasteiger charge is -2.26. The quantitative estimate of drug-likeness (QED) is 0.0195. The maximum Gasteiger partial charge on any atom is 0.306 e. The van der Waals surface area contributed by atoms with E-state index in [2.05, 4.69) is 74.6 Å². The van der Waals surface area contributed by atoms with Gasteiger partial charge in [-0.3, -0.25) is 9.59 Å². The topological polar surface area (TPSA) is 111 Å². The van der Waals surface area contributed by atoms with Gasteiger partial charge in [0.25, 0.3) is 0 Å². The number of carbonyl (C=O) groups is 3. The molecule has 87 heavy (non-hydrogen) atoms. The molecule has 0 saturated heterocycles. The van der Waals surface area contributed by atoms with Crippen molar-refractivity contribution >= 4 is 17.9 Å². The SMILES string of the molecule is CC/C=C\C/C=C\C/C=C\C/C=C\CCCCCCCCCCCCCCCCCCC(=O)OC(COC(=O)CCCCCCCCCCCCCCCCCCCCCCC/C=C\CCCCCCCCCC)COC(OCC[N+](C)(C)C)C(=O)[O-]. The lowest BCUT2D eigenvalue weighted by Crippen LogP contribution is -2.44. The number of quaternary nitrogens is 1. The Bertz CT molecular complexity index is 1610. The van der Waals surface area contributed by atoms with Crippen LogP contribution in [0.1, 0.15) is 361 Å². The third-order valence-corrected chi connectivity index (χ3v) is 16.7. The largest absolute Gasteiger partial charge is 0.545 e. The molecule has 0 aromatic carbocycles. The minimum Gasteiger partial charge on any atom is -0.545 e. The van der Waals surface area contributed by atoms with Gasteiger partial charge in [0.1, 0.15) is 13.2 Å². The fraction of sp³-hybridized carbons (Fsp3) is 0.833. The first-order valence-electron chi connectivity index (χ1n) is 37.4. The van der Waals surface area contributed by atoms with Crippen molar-refractivity contribution in [1.82, 2.24) is 0 Å². The van der Waals surface area contributed by atoms with E-state index in [1.807, 2.05) is 21.1 Å². The zero-order valence-electron chi connectivity index (χ0n) is 58.2. The van der Waals surface area contributed by atoms with E-state index in [9.17, 15) is 19.5 Å². The summed E-state index contributed by atoms with van der Waals surface area (Å²) in [5.74, 6) is -2.26. The Hall–Kier alpha value is -3.01. The molecule has 0 spiro atoms. The van der Waals surface area contributed by atoms with E-state index in [1.165, 1.54) is 270 Å². The van der Waals surface area contributed by atoms with Crippen LogP contribution in [-0.2, 0) is 33.3 Å². The van der Waals surface area contributed by atoms with E-state index in [0.29, 0.717) is 23.9 Å². The lowest BCUT2D eigenvalue weighted by molar-refractivity contribution is -0.870. The number of allylic oxidation sites excluding steroid dienone is 10. The minimum absolute atomic E-state index is 0.149. The average Bonchev–Trinajstić information content (AvgIpc) is 3.57. The third-order valence-electron chi connectivity index (χ3n) is 16.7. The van der Waals surface area contributed by atoms with E-state index in [4.69, 9.17) is 18.9 Å². The number of esters is 2. The van der Waals surface area contributed by atoms with Crippen LogP contribution in [0.15, 0.2) is 60.8 Å². The molecule has 9 heteroatoms. The van der Waals surface area contributed by atoms with E-state index in [1.54, 1.807) is 0 Å². The van der Waals surface area contributed by atoms with Gasteiger partial charge in [0.05, 0.1) is 40.3 Å². The molecule has 0 aliphatic rings. The maximum absolute atomic E-state index is 12.9. The first-order chi connectivity index (χ1) is 42.6. The van der Waals surface area contributed by atoms with Gasteiger partial charge in [-0.2, -0.15) is 0 Å². The van der Waals surface area contributed by atoms with Crippen molar-refractivity contribution in [3.63, 3.8) is 0 Å². The van der Waals surface area contributed by atoms with Crippen LogP contribution in [0.5, 0.6) is 0 Å². The number of unbranched alkanes of at least 4 members (excludes halogenated alkanes) is 45. The first-order valence-corrected chi connectivity index (χ1v) is 37.4. The lowest BCUT2D eigenvalue weighted by atomic mass is 10.0. The van der Waals surface area contributed by atoms with E-state index in [-0.39, 0.29) is 32.2 Å². The van der Waals surface area contributed by atoms with Crippen LogP contribution in [0, 0.1) is 0 Å². The molecule has 0 aliphatic carbocycles. The van der Waals surface area contributed by atoms with Gasteiger partial charge >= 0.3 is 11.9 Å². The van der Waals surface area contributed by atoms with Crippen LogP contribution in [0.4, 0.5) is 0 Å². The minimum atomic E-state index is -1.62. The van der Waals surface area contributed by atoms with Crippen molar-refractivity contribution in [1.29, 1.82) is 0 Å². The highest BCUT2D eigenvalue weighted by molar-refractivity contribution is 5.70. The smallest absolute Gasteiger partial charge is 0.306 e. The summed E-state index contributed by atoms with van der Waals surface area (Å²) >= 11 is 0. The second kappa shape index (κ2) is 68.9. The number of carbonyl (C=O) groups excluding carboxylic acids is 3. The molecular formula is C78H143NO8. The Morgan fingerprint density at radius 3 is 0.989 bits per heavy atom. The normalized spacial score (nSPS) is 13.0. The number of aliphatic carboxylic acids is 1. The van der Waals surface area contributed by atoms with Crippen LogP contribution >= 0.6 is 0 Å². The molecule has 2 atom stereocenters. The van der Waals surface area contributed by atoms with E-state index >= 15 is 0 Å². The maximum atomic E-state index is 12.9. The summed E-state index contributed by atoms with van der Waals surface area (Å²) in [6, 6.07) is 0. The summed E-state index contributed by atoms with van der Waals surface area (Å²) < 4.78 is 22.9. The number of likely N-dealkylation sites (N-methyl/N-ethyl adjacent to an activating group) is 1. The molecule has 0 aliphatic heterocycles. The summed E-state index contributed by atoms with van der Waals surface area (Å²) in [5, 5.41) is 11.8. The highest BCUT2D eigenvalue weighted by Crippen LogP contribution is 2.19. The third kappa shape index (κ3) is 70.3. The monoisotopic (exact) mass is 1220 g/mol. The van der Waals surface area contributed by atoms with Crippen molar-refractivity contribution in [3.8, 4) is 0 Å². The molecule has 0 amide bonds. The number of nitrogens with zero attached hydrogens (tertiary/aromatic N) is 1. The van der Waals surface area contributed by atoms with Crippen molar-refractivity contribution in [2.45, 2.75) is 373 Å². The van der Waals surface area contributed by atoms with Gasteiger partial charge in [0.15, 0.2) is 12.4 Å². The first kappa shape index (κ1) is 84.0. The molecule has 0 fully saturated rings. The van der Waals surface area contributed by atoms with E-state index in [0.717, 1.165) is 57.8 Å². The van der Waals surface area contributed by atoms with Gasteiger partial charge in [-0.25, -0.2) is 0 Å². The van der Waals surface area contributed by atoms with Gasteiger partial charge < -0.3 is 33.3 Å². The predicted molar refractivity (Wildman–Crippen MR) is 371 cm³/mol. The van der Waals surface area contributed by atoms with Gasteiger partial charge in [0, 0.05) is 12.8 Å². The van der Waals surface area contributed by atoms with Crippen LogP contribution < -0.4 is 5.11 Å². The van der Waals surface area contributed by atoms with Crippen molar-refractivity contribution in [3.05, 3.63) is 60.8 Å². The zero-order chi connectivity index (χ0) is 63.3. The molecule has 0 heterocycles. The number of hydrogen-bond donors (Lipinski definition) is 0. The molecule has 0 radical (unpaired) electrons. The zero-order valence-corrected chi connectivity index (χ0v) is 58.2. The molecule has 0 rings (SSSR count). The Morgan fingerprint density at radius 1 is 0.356 bits per heavy atom. The number of carboxylic acid groups (broad SMARTS) is 1. The fourth-order valence-corrected chi connectivity index (χ4v) is 11.1.